The highest BCUT2D eigenvalue weighted by atomic mass is 79.9. The fourth-order valence-electron chi connectivity index (χ4n) is 0.981. The molecule has 0 spiro atoms. The highest BCUT2D eigenvalue weighted by Crippen LogP contribution is 2.37. The fraction of sp³-hybridized carbons (Fsp3) is 0.125. The number of carbonyl (C=O) groups is 1. The Hall–Kier alpha value is -1.44. The molecule has 0 heterocycles. The van der Waals surface area contributed by atoms with Crippen molar-refractivity contribution in [3.05, 3.63) is 22.2 Å². The van der Waals surface area contributed by atoms with E-state index in [1.165, 1.54) is 6.07 Å². The van der Waals surface area contributed by atoms with Crippen molar-refractivity contribution in [2.45, 2.75) is 6.36 Å². The molecule has 16 heavy (non-hydrogen) atoms. The zero-order valence-electron chi connectivity index (χ0n) is 7.64. The Balaban J connectivity index is 3.27. The van der Waals surface area contributed by atoms with Crippen LogP contribution in [0.5, 0.6) is 5.75 Å². The Morgan fingerprint density at radius 3 is 2.38 bits per heavy atom. The monoisotopic (exact) mass is 298 g/mol. The van der Waals surface area contributed by atoms with Gasteiger partial charge in [-0.1, -0.05) is 0 Å². The second kappa shape index (κ2) is 4.20. The lowest BCUT2D eigenvalue weighted by atomic mass is 10.2. The van der Waals surface area contributed by atoms with Gasteiger partial charge in [-0.3, -0.25) is 4.79 Å². The molecule has 0 fully saturated rings. The van der Waals surface area contributed by atoms with Crippen molar-refractivity contribution in [1.82, 2.24) is 0 Å². The third-order valence-corrected chi connectivity index (χ3v) is 2.40. The van der Waals surface area contributed by atoms with Crippen LogP contribution in [0.2, 0.25) is 0 Å². The molecule has 4 nitrogen and oxygen atoms in total. The smallest absolute Gasteiger partial charge is 0.402 e. The van der Waals surface area contributed by atoms with E-state index < -0.39 is 18.0 Å². The third kappa shape index (κ3) is 2.78. The summed E-state index contributed by atoms with van der Waals surface area (Å²) in [6.07, 6.45) is -4.90. The van der Waals surface area contributed by atoms with E-state index in [0.29, 0.717) is 0 Å². The zero-order chi connectivity index (χ0) is 12.5. The zero-order valence-corrected chi connectivity index (χ0v) is 9.22. The van der Waals surface area contributed by atoms with Gasteiger partial charge in [-0.2, -0.15) is 0 Å². The third-order valence-electron chi connectivity index (χ3n) is 1.61. The number of alkyl halides is 3. The molecule has 0 unspecified atom stereocenters. The molecular formula is C8H6BrF3N2O2. The Bertz CT molecular complexity index is 434. The first-order valence-corrected chi connectivity index (χ1v) is 4.65. The Labute approximate surface area is 96.5 Å². The van der Waals surface area contributed by atoms with Crippen LogP contribution in [0.25, 0.3) is 0 Å². The molecule has 88 valence electrons. The predicted molar refractivity (Wildman–Crippen MR) is 53.8 cm³/mol. The Morgan fingerprint density at radius 1 is 1.38 bits per heavy atom. The quantitative estimate of drug-likeness (QED) is 0.820. The number of nitrogens with two attached hydrogens (primary N) is 2. The van der Waals surface area contributed by atoms with E-state index in [-0.39, 0.29) is 15.7 Å². The van der Waals surface area contributed by atoms with Crippen molar-refractivity contribution in [1.29, 1.82) is 0 Å². The second-order valence-electron chi connectivity index (χ2n) is 2.76. The molecule has 1 aromatic carbocycles. The van der Waals surface area contributed by atoms with Gasteiger partial charge in [0.1, 0.15) is 0 Å². The molecule has 1 amide bonds. The second-order valence-corrected chi connectivity index (χ2v) is 3.55. The first-order valence-electron chi connectivity index (χ1n) is 3.86. The molecule has 0 atom stereocenters. The van der Waals surface area contributed by atoms with Crippen LogP contribution in [0, 0.1) is 0 Å². The van der Waals surface area contributed by atoms with E-state index in [1.54, 1.807) is 0 Å². The summed E-state index contributed by atoms with van der Waals surface area (Å²) in [5.74, 6) is -1.57. The van der Waals surface area contributed by atoms with Crippen LogP contribution < -0.4 is 16.2 Å². The van der Waals surface area contributed by atoms with Crippen LogP contribution in [0.1, 0.15) is 10.4 Å². The number of rotatable bonds is 2. The summed E-state index contributed by atoms with van der Waals surface area (Å²) in [7, 11) is 0. The number of hydrogen-bond donors (Lipinski definition) is 2. The van der Waals surface area contributed by atoms with Crippen LogP contribution in [0.15, 0.2) is 16.6 Å². The predicted octanol–water partition coefficient (Wildman–Crippen LogP) is 2.03. The van der Waals surface area contributed by atoms with Crippen LogP contribution in [-0.4, -0.2) is 12.3 Å². The normalized spacial score (nSPS) is 11.2. The summed E-state index contributed by atoms with van der Waals surface area (Å²) in [5.41, 5.74) is 9.84. The van der Waals surface area contributed by atoms with Gasteiger partial charge < -0.3 is 16.2 Å². The lowest BCUT2D eigenvalue weighted by molar-refractivity contribution is -0.274. The maximum Gasteiger partial charge on any atom is 0.573 e. The van der Waals surface area contributed by atoms with E-state index >= 15 is 0 Å². The van der Waals surface area contributed by atoms with Crippen molar-refractivity contribution < 1.29 is 22.7 Å². The summed E-state index contributed by atoms with van der Waals surface area (Å²) >= 11 is 2.78. The van der Waals surface area contributed by atoms with Gasteiger partial charge >= 0.3 is 6.36 Å². The van der Waals surface area contributed by atoms with Crippen molar-refractivity contribution in [3.8, 4) is 5.75 Å². The topological polar surface area (TPSA) is 78.3 Å². The summed E-state index contributed by atoms with van der Waals surface area (Å²) < 4.78 is 39.5. The van der Waals surface area contributed by atoms with Gasteiger partial charge in [0.15, 0.2) is 5.75 Å². The van der Waals surface area contributed by atoms with E-state index in [9.17, 15) is 18.0 Å². The van der Waals surface area contributed by atoms with E-state index in [0.717, 1.165) is 6.07 Å². The molecule has 1 aromatic rings. The number of benzene rings is 1. The molecule has 4 N–H and O–H groups in total. The van der Waals surface area contributed by atoms with Crippen LogP contribution >= 0.6 is 15.9 Å². The summed E-state index contributed by atoms with van der Waals surface area (Å²) in [5, 5.41) is 0. The minimum absolute atomic E-state index is 0.145. The van der Waals surface area contributed by atoms with Gasteiger partial charge in [-0.05, 0) is 28.1 Å². The molecule has 0 saturated heterocycles. The fourth-order valence-corrected chi connectivity index (χ4v) is 1.62. The van der Waals surface area contributed by atoms with Gasteiger partial charge in [0.05, 0.1) is 15.7 Å². The van der Waals surface area contributed by atoms with E-state index in [4.69, 9.17) is 11.5 Å². The SMILES string of the molecule is NC(=O)c1ccc(N)c(OC(F)(F)F)c1Br. The average Bonchev–Trinajstić information content (AvgIpc) is 2.10. The van der Waals surface area contributed by atoms with Crippen LogP contribution in [-0.2, 0) is 0 Å². The van der Waals surface area contributed by atoms with Gasteiger partial charge in [-0.15, -0.1) is 13.2 Å². The van der Waals surface area contributed by atoms with E-state index in [1.807, 2.05) is 0 Å². The Kier molecular flexibility index (Phi) is 3.32. The molecule has 0 bridgehead atoms. The standard InChI is InChI=1S/C8H6BrF3N2O2/c9-5-3(7(14)15)1-2-4(13)6(5)16-8(10,11)12/h1-2H,13H2,(H2,14,15). The largest absolute Gasteiger partial charge is 0.573 e. The van der Waals surface area contributed by atoms with Crippen LogP contribution in [0.3, 0.4) is 0 Å². The number of anilines is 1. The van der Waals surface area contributed by atoms with Crippen molar-refractivity contribution in [3.63, 3.8) is 0 Å². The molecular weight excluding hydrogens is 293 g/mol. The summed E-state index contributed by atoms with van der Waals surface area (Å²) in [6, 6.07) is 2.30. The molecule has 0 aliphatic carbocycles. The first kappa shape index (κ1) is 12.6. The number of hydrogen-bond acceptors (Lipinski definition) is 3. The van der Waals surface area contributed by atoms with Crippen molar-refractivity contribution in [2.24, 2.45) is 5.73 Å². The first-order chi connectivity index (χ1) is 7.22. The van der Waals surface area contributed by atoms with Crippen molar-refractivity contribution >= 4 is 27.5 Å². The van der Waals surface area contributed by atoms with Crippen LogP contribution in [0.4, 0.5) is 18.9 Å². The van der Waals surface area contributed by atoms with Gasteiger partial charge in [0, 0.05) is 0 Å². The minimum Gasteiger partial charge on any atom is -0.402 e. The van der Waals surface area contributed by atoms with Crippen molar-refractivity contribution in [2.75, 3.05) is 5.73 Å². The molecule has 0 radical (unpaired) electrons. The number of nitrogen functional groups attached to an aromatic ring is 1. The molecule has 1 rings (SSSR count). The number of amides is 1. The maximum absolute atomic E-state index is 12.0. The highest BCUT2D eigenvalue weighted by molar-refractivity contribution is 9.10. The average molecular weight is 299 g/mol. The molecule has 0 aliphatic heterocycles. The molecule has 8 heteroatoms. The Morgan fingerprint density at radius 2 is 1.94 bits per heavy atom. The van der Waals surface area contributed by atoms with Gasteiger partial charge in [0.2, 0.25) is 5.91 Å². The molecule has 0 saturated carbocycles. The summed E-state index contributed by atoms with van der Waals surface area (Å²) in [4.78, 5) is 10.9. The number of ether oxygens (including phenoxy) is 1. The molecule has 0 aliphatic rings. The maximum atomic E-state index is 12.0. The lowest BCUT2D eigenvalue weighted by Gasteiger charge is -2.14. The molecule has 0 aromatic heterocycles. The number of primary amides is 1. The number of halogens is 4. The summed E-state index contributed by atoms with van der Waals surface area (Å²) in [6.45, 7) is 0. The highest BCUT2D eigenvalue weighted by Gasteiger charge is 2.33. The number of carbonyl (C=O) groups excluding carboxylic acids is 1. The lowest BCUT2D eigenvalue weighted by Crippen LogP contribution is -2.20. The van der Waals surface area contributed by atoms with E-state index in [2.05, 4.69) is 20.7 Å². The minimum atomic E-state index is -4.90. The van der Waals surface area contributed by atoms with Gasteiger partial charge in [-0.25, -0.2) is 0 Å². The van der Waals surface area contributed by atoms with Gasteiger partial charge in [0.25, 0.3) is 0 Å².